The predicted molar refractivity (Wildman–Crippen MR) is 46.3 cm³/mol. The molecule has 0 spiro atoms. The van der Waals surface area contributed by atoms with Crippen LogP contribution in [0.15, 0.2) is 24.3 Å². The zero-order valence-electron chi connectivity index (χ0n) is 6.48. The van der Waals surface area contributed by atoms with Gasteiger partial charge in [-0.2, -0.15) is 0 Å². The molecule has 12 heavy (non-hydrogen) atoms. The normalized spacial score (nSPS) is 12.5. The second kappa shape index (κ2) is 3.60. The van der Waals surface area contributed by atoms with Crippen LogP contribution < -0.4 is 0 Å². The summed E-state index contributed by atoms with van der Waals surface area (Å²) in [6.07, 6.45) is 0. The molecule has 0 aliphatic rings. The summed E-state index contributed by atoms with van der Waals surface area (Å²) in [5.41, 5.74) is 1.17. The minimum atomic E-state index is -2.41. The molecule has 0 fully saturated rings. The first-order chi connectivity index (χ1) is 5.61. The highest BCUT2D eigenvalue weighted by atomic mass is 32.2. The van der Waals surface area contributed by atoms with Crippen LogP contribution in [0, 0.1) is 6.92 Å². The van der Waals surface area contributed by atoms with Crippen LogP contribution in [0.1, 0.15) is 15.9 Å². The Morgan fingerprint density at radius 3 is 2.67 bits per heavy atom. The van der Waals surface area contributed by atoms with Gasteiger partial charge in [-0.15, -0.1) is 0 Å². The van der Waals surface area contributed by atoms with Gasteiger partial charge in [0.15, 0.2) is 0 Å². The molecular weight excluding hydrogens is 176 g/mol. The summed E-state index contributed by atoms with van der Waals surface area (Å²) in [6.45, 7) is 1.82. The molecule has 3 nitrogen and oxygen atoms in total. The summed E-state index contributed by atoms with van der Waals surface area (Å²) < 4.78 is 18.9. The van der Waals surface area contributed by atoms with E-state index in [1.165, 1.54) is 6.07 Å². The molecule has 1 unspecified atom stereocenters. The van der Waals surface area contributed by atoms with Crippen molar-refractivity contribution in [2.75, 3.05) is 0 Å². The lowest BCUT2D eigenvalue weighted by molar-refractivity contribution is 0.107. The van der Waals surface area contributed by atoms with Crippen LogP contribution in [0.3, 0.4) is 0 Å². The summed E-state index contributed by atoms with van der Waals surface area (Å²) in [4.78, 5) is 10.9. The molecule has 0 aliphatic carbocycles. The van der Waals surface area contributed by atoms with Gasteiger partial charge < -0.3 is 0 Å². The second-order valence-corrected chi connectivity index (χ2v) is 3.28. The number of benzene rings is 1. The largest absolute Gasteiger partial charge is 0.300 e. The highest BCUT2D eigenvalue weighted by molar-refractivity contribution is 7.95. The van der Waals surface area contributed by atoms with Crippen LogP contribution in [-0.4, -0.2) is 13.9 Å². The average molecular weight is 184 g/mol. The Balaban J connectivity index is 3.04. The topological polar surface area (TPSA) is 54.4 Å². The Hall–Kier alpha value is -1.00. The van der Waals surface area contributed by atoms with E-state index in [0.717, 1.165) is 5.56 Å². The Morgan fingerprint density at radius 1 is 1.50 bits per heavy atom. The number of carbonyl (C=O) groups excluding carboxylic acids is 1. The molecular formula is C8H8O3S. The van der Waals surface area contributed by atoms with E-state index in [1.807, 2.05) is 13.0 Å². The van der Waals surface area contributed by atoms with Gasteiger partial charge in [-0.25, -0.2) is 4.21 Å². The van der Waals surface area contributed by atoms with Crippen molar-refractivity contribution < 1.29 is 13.6 Å². The van der Waals surface area contributed by atoms with Gasteiger partial charge in [-0.3, -0.25) is 9.35 Å². The van der Waals surface area contributed by atoms with Crippen LogP contribution in [0.4, 0.5) is 0 Å². The van der Waals surface area contributed by atoms with Crippen LogP contribution in [0.5, 0.6) is 0 Å². The van der Waals surface area contributed by atoms with E-state index in [-0.39, 0.29) is 5.56 Å². The first-order valence-electron chi connectivity index (χ1n) is 3.33. The standard InChI is InChI=1S/C8H8O3S/c1-6-3-2-4-7(5-6)8(9)12(10)11/h2-5H,1H3,(H,10,11). The average Bonchev–Trinajstić information content (AvgIpc) is 2.03. The molecule has 0 amide bonds. The maximum atomic E-state index is 10.9. The van der Waals surface area contributed by atoms with Gasteiger partial charge in [0.2, 0.25) is 11.1 Å². The Kier molecular flexibility index (Phi) is 2.73. The maximum Gasteiger partial charge on any atom is 0.276 e. The van der Waals surface area contributed by atoms with Crippen molar-refractivity contribution in [3.8, 4) is 0 Å². The molecule has 0 aromatic heterocycles. The van der Waals surface area contributed by atoms with Gasteiger partial charge in [-0.1, -0.05) is 23.8 Å². The third-order valence-corrected chi connectivity index (χ3v) is 1.97. The van der Waals surface area contributed by atoms with E-state index in [1.54, 1.807) is 12.1 Å². The molecule has 0 heterocycles. The van der Waals surface area contributed by atoms with Crippen LogP contribution >= 0.6 is 0 Å². The number of aryl methyl sites for hydroxylation is 1. The molecule has 0 saturated carbocycles. The molecule has 1 atom stereocenters. The van der Waals surface area contributed by atoms with Gasteiger partial charge in [0.05, 0.1) is 0 Å². The van der Waals surface area contributed by atoms with E-state index in [0.29, 0.717) is 0 Å². The van der Waals surface area contributed by atoms with Gasteiger partial charge in [0.25, 0.3) is 5.12 Å². The summed E-state index contributed by atoms with van der Waals surface area (Å²) in [7, 11) is 0. The minimum absolute atomic E-state index is 0.274. The van der Waals surface area contributed by atoms with Crippen LogP contribution in [0.2, 0.25) is 0 Å². The fourth-order valence-electron chi connectivity index (χ4n) is 0.873. The quantitative estimate of drug-likeness (QED) is 0.670. The lowest BCUT2D eigenvalue weighted by atomic mass is 10.2. The van der Waals surface area contributed by atoms with Crippen LogP contribution in [0.25, 0.3) is 0 Å². The Morgan fingerprint density at radius 2 is 2.17 bits per heavy atom. The SMILES string of the molecule is Cc1cccc(C(=O)S(=O)O)c1. The molecule has 1 aromatic carbocycles. The molecule has 1 rings (SSSR count). The Bertz CT molecular complexity index is 333. The fourth-order valence-corrected chi connectivity index (χ4v) is 1.20. The summed E-state index contributed by atoms with van der Waals surface area (Å²) >= 11 is -2.41. The first kappa shape index (κ1) is 9.09. The number of hydrogen-bond acceptors (Lipinski definition) is 2. The second-order valence-electron chi connectivity index (χ2n) is 2.41. The monoisotopic (exact) mass is 184 g/mol. The molecule has 0 bridgehead atoms. The van der Waals surface area contributed by atoms with E-state index < -0.39 is 16.2 Å². The fraction of sp³-hybridized carbons (Fsp3) is 0.125. The minimum Gasteiger partial charge on any atom is -0.300 e. The summed E-state index contributed by atoms with van der Waals surface area (Å²) in [5, 5.41) is -0.751. The number of carbonyl (C=O) groups is 1. The number of rotatable bonds is 1. The van der Waals surface area contributed by atoms with Crippen molar-refractivity contribution in [1.29, 1.82) is 0 Å². The molecule has 4 heteroatoms. The molecule has 1 N–H and O–H groups in total. The molecule has 64 valence electrons. The van der Waals surface area contributed by atoms with Crippen LogP contribution in [-0.2, 0) is 11.1 Å². The van der Waals surface area contributed by atoms with Crippen molar-refractivity contribution in [3.05, 3.63) is 35.4 Å². The third-order valence-electron chi connectivity index (χ3n) is 1.41. The highest BCUT2D eigenvalue weighted by Crippen LogP contribution is 2.05. The zero-order chi connectivity index (χ0) is 9.14. The Labute approximate surface area is 72.7 Å². The van der Waals surface area contributed by atoms with E-state index in [2.05, 4.69) is 0 Å². The molecule has 0 saturated heterocycles. The van der Waals surface area contributed by atoms with Crippen molar-refractivity contribution in [3.63, 3.8) is 0 Å². The maximum absolute atomic E-state index is 10.9. The molecule has 0 aliphatic heterocycles. The van der Waals surface area contributed by atoms with E-state index >= 15 is 0 Å². The third kappa shape index (κ3) is 1.99. The van der Waals surface area contributed by atoms with Gasteiger partial charge in [0.1, 0.15) is 0 Å². The van der Waals surface area contributed by atoms with Crippen molar-refractivity contribution in [2.24, 2.45) is 0 Å². The van der Waals surface area contributed by atoms with Gasteiger partial charge >= 0.3 is 0 Å². The first-order valence-corrected chi connectivity index (χ1v) is 4.44. The van der Waals surface area contributed by atoms with E-state index in [4.69, 9.17) is 4.55 Å². The zero-order valence-corrected chi connectivity index (χ0v) is 7.30. The van der Waals surface area contributed by atoms with Gasteiger partial charge in [-0.05, 0) is 13.0 Å². The summed E-state index contributed by atoms with van der Waals surface area (Å²) in [5.74, 6) is 0. The van der Waals surface area contributed by atoms with Crippen molar-refractivity contribution in [2.45, 2.75) is 6.92 Å². The molecule has 0 radical (unpaired) electrons. The number of hydrogen-bond donors (Lipinski definition) is 1. The lowest BCUT2D eigenvalue weighted by Gasteiger charge is -1.96. The molecule has 1 aromatic rings. The highest BCUT2D eigenvalue weighted by Gasteiger charge is 2.10. The predicted octanol–water partition coefficient (Wildman–Crippen LogP) is 1.36. The smallest absolute Gasteiger partial charge is 0.276 e. The summed E-state index contributed by atoms with van der Waals surface area (Å²) in [6, 6.07) is 6.59. The van der Waals surface area contributed by atoms with Crippen molar-refractivity contribution in [1.82, 2.24) is 0 Å². The van der Waals surface area contributed by atoms with Gasteiger partial charge in [0, 0.05) is 5.56 Å². The van der Waals surface area contributed by atoms with Crippen molar-refractivity contribution >= 4 is 16.2 Å². The lowest BCUT2D eigenvalue weighted by Crippen LogP contribution is -2.05. The van der Waals surface area contributed by atoms with E-state index in [9.17, 15) is 9.00 Å².